The van der Waals surface area contributed by atoms with Crippen molar-refractivity contribution >= 4 is 5.97 Å². The fourth-order valence-corrected chi connectivity index (χ4v) is 2.12. The van der Waals surface area contributed by atoms with E-state index in [9.17, 15) is 14.9 Å². The van der Waals surface area contributed by atoms with Gasteiger partial charge in [0.05, 0.1) is 23.8 Å². The summed E-state index contributed by atoms with van der Waals surface area (Å²) < 4.78 is 5.10. The van der Waals surface area contributed by atoms with Crippen LogP contribution in [0.3, 0.4) is 0 Å². The monoisotopic (exact) mass is 328 g/mol. The average Bonchev–Trinajstić information content (AvgIpc) is 2.59. The maximum Gasteiger partial charge on any atom is 0.333 e. The van der Waals surface area contributed by atoms with Crippen LogP contribution in [0.1, 0.15) is 31.0 Å². The third-order valence-corrected chi connectivity index (χ3v) is 3.10. The summed E-state index contributed by atoms with van der Waals surface area (Å²) in [6.07, 6.45) is 4.00. The average molecular weight is 328 g/mol. The third-order valence-electron chi connectivity index (χ3n) is 3.10. The number of nitrogens with zero attached hydrogens (tertiary/aromatic N) is 2. The molecule has 1 unspecified atom stereocenters. The summed E-state index contributed by atoms with van der Waals surface area (Å²) in [4.78, 5) is 24.1. The highest BCUT2D eigenvalue weighted by Crippen LogP contribution is 2.27. The van der Waals surface area contributed by atoms with Crippen LogP contribution < -0.4 is 0 Å². The van der Waals surface area contributed by atoms with Gasteiger partial charge in [-0.05, 0) is 25.0 Å². The predicted octanol–water partition coefficient (Wildman–Crippen LogP) is 3.42. The predicted molar refractivity (Wildman–Crippen MR) is 90.9 cm³/mol. The molecule has 2 radical (unpaired) electrons. The fraction of sp³-hybridized carbons (Fsp3) is 0.222. The molecule has 0 spiro atoms. The molecule has 0 fully saturated rings. The number of allylic oxidation sites excluding steroid dienone is 1. The normalized spacial score (nSPS) is 13.5. The number of hydrogen-bond acceptors (Lipinski definition) is 5. The maximum absolute atomic E-state index is 12.3. The number of hydrogen-bond donors (Lipinski definition) is 0. The van der Waals surface area contributed by atoms with Crippen LogP contribution in [0.2, 0.25) is 0 Å². The van der Waals surface area contributed by atoms with Crippen molar-refractivity contribution in [3.63, 3.8) is 0 Å². The summed E-state index contributed by atoms with van der Waals surface area (Å²) in [6.45, 7) is 10.8. The minimum absolute atomic E-state index is 0.154. The molecule has 24 heavy (non-hydrogen) atoms. The first-order valence-electron chi connectivity index (χ1n) is 7.39. The molecule has 1 atom stereocenters. The van der Waals surface area contributed by atoms with Gasteiger partial charge in [-0.1, -0.05) is 43.8 Å². The van der Waals surface area contributed by atoms with Crippen molar-refractivity contribution in [2.24, 2.45) is 0 Å². The molecule has 1 heterocycles. The van der Waals surface area contributed by atoms with Gasteiger partial charge in [0.25, 0.3) is 5.70 Å². The van der Waals surface area contributed by atoms with Crippen molar-refractivity contribution in [1.82, 2.24) is 4.90 Å². The van der Waals surface area contributed by atoms with Crippen molar-refractivity contribution in [2.75, 3.05) is 6.61 Å². The summed E-state index contributed by atoms with van der Waals surface area (Å²) in [5, 5.41) is 10.9. The Morgan fingerprint density at radius 1 is 1.42 bits per heavy atom. The summed E-state index contributed by atoms with van der Waals surface area (Å²) in [7, 11) is 0. The van der Waals surface area contributed by atoms with Crippen molar-refractivity contribution in [1.29, 1.82) is 0 Å². The van der Waals surface area contributed by atoms with Crippen LogP contribution in [0.25, 0.3) is 0 Å². The highest BCUT2D eigenvalue weighted by molar-refractivity contribution is 5.78. The van der Waals surface area contributed by atoms with Crippen molar-refractivity contribution in [3.05, 3.63) is 89.3 Å². The zero-order valence-corrected chi connectivity index (χ0v) is 13.8. The number of carbonyl (C=O) groups is 1. The number of ether oxygens (including phenoxy) is 1. The van der Waals surface area contributed by atoms with Gasteiger partial charge < -0.3 is 9.64 Å². The molecule has 126 valence electrons. The Morgan fingerprint density at radius 3 is 2.67 bits per heavy atom. The van der Waals surface area contributed by atoms with E-state index in [-0.39, 0.29) is 12.3 Å². The molecule has 0 saturated carbocycles. The van der Waals surface area contributed by atoms with E-state index in [1.807, 2.05) is 0 Å². The molecule has 0 amide bonds. The number of nitro groups is 1. The van der Waals surface area contributed by atoms with E-state index < -0.39 is 16.9 Å². The van der Waals surface area contributed by atoms with Gasteiger partial charge in [0, 0.05) is 6.20 Å². The highest BCUT2D eigenvalue weighted by atomic mass is 16.6. The van der Waals surface area contributed by atoms with Gasteiger partial charge in [0.2, 0.25) is 0 Å². The molecule has 1 aromatic carbocycles. The first kappa shape index (κ1) is 19.2. The lowest BCUT2D eigenvalue weighted by Gasteiger charge is -2.27. The molecular weight excluding hydrogens is 308 g/mol. The van der Waals surface area contributed by atoms with E-state index in [1.54, 1.807) is 38.1 Å². The van der Waals surface area contributed by atoms with E-state index in [0.717, 1.165) is 0 Å². The Morgan fingerprint density at radius 2 is 2.08 bits per heavy atom. The lowest BCUT2D eigenvalue weighted by molar-refractivity contribution is -0.420. The van der Waals surface area contributed by atoms with Crippen molar-refractivity contribution in [2.45, 2.75) is 19.9 Å². The second-order valence-corrected chi connectivity index (χ2v) is 4.55. The summed E-state index contributed by atoms with van der Waals surface area (Å²) in [5.41, 5.74) is 3.79. The van der Waals surface area contributed by atoms with Gasteiger partial charge in [-0.25, -0.2) is 4.79 Å². The third kappa shape index (κ3) is 4.57. The van der Waals surface area contributed by atoms with Gasteiger partial charge in [0.1, 0.15) is 0 Å². The van der Waals surface area contributed by atoms with E-state index >= 15 is 0 Å². The lowest BCUT2D eigenvalue weighted by Crippen LogP contribution is -2.30. The summed E-state index contributed by atoms with van der Waals surface area (Å²) in [5.74, 6) is -0.502. The summed E-state index contributed by atoms with van der Waals surface area (Å²) >= 11 is 0. The molecule has 1 aliphatic rings. The Kier molecular flexibility index (Phi) is 7.46. The fourth-order valence-electron chi connectivity index (χ4n) is 2.12. The van der Waals surface area contributed by atoms with Crippen molar-refractivity contribution in [3.8, 4) is 0 Å². The molecule has 0 aliphatic carbocycles. The number of carbonyl (C=O) groups excluding carboxylic acids is 1. The maximum atomic E-state index is 12.3. The van der Waals surface area contributed by atoms with Gasteiger partial charge in [-0.2, -0.15) is 0 Å². The zero-order valence-electron chi connectivity index (χ0n) is 13.8. The number of esters is 1. The molecule has 1 aromatic rings. The first-order chi connectivity index (χ1) is 11.5. The summed E-state index contributed by atoms with van der Waals surface area (Å²) in [6, 6.07) is 6.25. The van der Waals surface area contributed by atoms with Gasteiger partial charge in [-0.3, -0.25) is 10.1 Å². The minimum Gasteiger partial charge on any atom is -0.464 e. The van der Waals surface area contributed by atoms with Crippen LogP contribution in [-0.2, 0) is 9.53 Å². The Hall–Kier alpha value is -2.85. The van der Waals surface area contributed by atoms with Crippen LogP contribution in [0, 0.1) is 24.0 Å². The van der Waals surface area contributed by atoms with Crippen LogP contribution in [0.5, 0.6) is 0 Å². The standard InChI is InChI=1S/C16H15N2O4.C2H5/c1-3-22-16(19)15(14-9-5-4-7-12(14)2)17-10-6-8-13(11-17)18(20)21;1-2/h4-5,7-11,15H,2-3H2,1H3;1H2,2H3. The molecule has 1 aliphatic heterocycles. The molecule has 0 aromatic heterocycles. The minimum atomic E-state index is -0.843. The van der Waals surface area contributed by atoms with E-state index in [1.165, 1.54) is 23.4 Å². The van der Waals surface area contributed by atoms with Crippen LogP contribution in [-0.4, -0.2) is 22.4 Å². The molecular formula is C18H20N2O4. The van der Waals surface area contributed by atoms with Gasteiger partial charge >= 0.3 is 5.97 Å². The van der Waals surface area contributed by atoms with Crippen molar-refractivity contribution < 1.29 is 14.5 Å². The zero-order chi connectivity index (χ0) is 18.1. The smallest absolute Gasteiger partial charge is 0.333 e. The topological polar surface area (TPSA) is 72.7 Å². The second kappa shape index (κ2) is 9.33. The molecule has 0 saturated heterocycles. The molecule has 0 bridgehead atoms. The second-order valence-electron chi connectivity index (χ2n) is 4.55. The van der Waals surface area contributed by atoms with E-state index in [4.69, 9.17) is 4.74 Å². The molecule has 6 heteroatoms. The largest absolute Gasteiger partial charge is 0.464 e. The first-order valence-corrected chi connectivity index (χ1v) is 7.39. The number of rotatable bonds is 5. The Balaban J connectivity index is 0.00000139. The van der Waals surface area contributed by atoms with E-state index in [0.29, 0.717) is 11.1 Å². The molecule has 0 N–H and O–H groups in total. The van der Waals surface area contributed by atoms with E-state index in [2.05, 4.69) is 19.6 Å². The van der Waals surface area contributed by atoms with Crippen LogP contribution in [0.4, 0.5) is 0 Å². The Bertz CT molecular complexity index is 688. The highest BCUT2D eigenvalue weighted by Gasteiger charge is 2.29. The number of benzene rings is 1. The van der Waals surface area contributed by atoms with Gasteiger partial charge in [-0.15, -0.1) is 0 Å². The SMILES string of the molecule is [CH2]C.[CH2]c1ccccc1C(C(=O)OCC)N1C=C=CC([N+](=O)[O-])=C1. The van der Waals surface area contributed by atoms with Gasteiger partial charge in [0.15, 0.2) is 6.04 Å². The molecule has 6 nitrogen and oxygen atoms in total. The Labute approximate surface area is 141 Å². The molecule has 2 rings (SSSR count). The quantitative estimate of drug-likeness (QED) is 0.358. The van der Waals surface area contributed by atoms with Crippen LogP contribution >= 0.6 is 0 Å². The van der Waals surface area contributed by atoms with Crippen LogP contribution in [0.15, 0.2) is 54.2 Å². The lowest BCUT2D eigenvalue weighted by atomic mass is 10.00.